The van der Waals surface area contributed by atoms with Crippen molar-refractivity contribution in [2.45, 2.75) is 13.8 Å². The highest BCUT2D eigenvalue weighted by molar-refractivity contribution is 5.88. The Labute approximate surface area is 126 Å². The maximum atomic E-state index is 11.8. The van der Waals surface area contributed by atoms with E-state index in [2.05, 4.69) is 15.0 Å². The zero-order chi connectivity index (χ0) is 15.5. The van der Waals surface area contributed by atoms with Crippen molar-refractivity contribution in [2.75, 3.05) is 6.61 Å². The third-order valence-corrected chi connectivity index (χ3v) is 2.89. The molecule has 3 aromatic heterocycles. The Kier molecular flexibility index (Phi) is 3.69. The lowest BCUT2D eigenvalue weighted by Gasteiger charge is -1.98. The molecule has 0 radical (unpaired) electrons. The predicted molar refractivity (Wildman–Crippen MR) is 75.9 cm³/mol. The SMILES string of the molecule is CCOC(=O)c1nc(-c2cccc(-c3ncco3)n2)oc1C. The van der Waals surface area contributed by atoms with Crippen LogP contribution in [0.25, 0.3) is 23.2 Å². The first kappa shape index (κ1) is 14.0. The van der Waals surface area contributed by atoms with Crippen molar-refractivity contribution >= 4 is 5.97 Å². The zero-order valence-corrected chi connectivity index (χ0v) is 12.1. The Bertz CT molecular complexity index is 793. The highest BCUT2D eigenvalue weighted by Gasteiger charge is 2.20. The van der Waals surface area contributed by atoms with E-state index in [4.69, 9.17) is 13.6 Å². The second-order valence-electron chi connectivity index (χ2n) is 4.39. The van der Waals surface area contributed by atoms with Crippen LogP contribution < -0.4 is 0 Å². The summed E-state index contributed by atoms with van der Waals surface area (Å²) in [6.07, 6.45) is 3.01. The van der Waals surface area contributed by atoms with Crippen LogP contribution in [0.3, 0.4) is 0 Å². The quantitative estimate of drug-likeness (QED) is 0.684. The molecule has 0 amide bonds. The zero-order valence-electron chi connectivity index (χ0n) is 12.1. The molecule has 0 aromatic carbocycles. The van der Waals surface area contributed by atoms with Gasteiger partial charge in [-0.15, -0.1) is 0 Å². The van der Waals surface area contributed by atoms with Crippen LogP contribution in [0.5, 0.6) is 0 Å². The molecule has 22 heavy (non-hydrogen) atoms. The van der Waals surface area contributed by atoms with Crippen molar-refractivity contribution in [3.63, 3.8) is 0 Å². The van der Waals surface area contributed by atoms with Crippen LogP contribution in [0.1, 0.15) is 23.2 Å². The summed E-state index contributed by atoms with van der Waals surface area (Å²) in [6.45, 7) is 3.66. The summed E-state index contributed by atoms with van der Waals surface area (Å²) in [5, 5.41) is 0. The molecule has 112 valence electrons. The molecule has 3 aromatic rings. The minimum absolute atomic E-state index is 0.153. The Balaban J connectivity index is 1.97. The summed E-state index contributed by atoms with van der Waals surface area (Å²) in [7, 11) is 0. The van der Waals surface area contributed by atoms with E-state index in [1.54, 1.807) is 32.0 Å². The van der Waals surface area contributed by atoms with E-state index in [1.165, 1.54) is 12.5 Å². The first-order valence-electron chi connectivity index (χ1n) is 6.71. The highest BCUT2D eigenvalue weighted by atomic mass is 16.5. The van der Waals surface area contributed by atoms with Gasteiger partial charge in [-0.1, -0.05) is 6.07 Å². The molecule has 3 rings (SSSR count). The maximum absolute atomic E-state index is 11.8. The lowest BCUT2D eigenvalue weighted by Crippen LogP contribution is -2.06. The van der Waals surface area contributed by atoms with Crippen LogP contribution in [0.2, 0.25) is 0 Å². The molecule has 0 bridgehead atoms. The number of ether oxygens (including phenoxy) is 1. The van der Waals surface area contributed by atoms with Crippen LogP contribution in [-0.4, -0.2) is 27.5 Å². The van der Waals surface area contributed by atoms with Gasteiger partial charge in [0, 0.05) is 0 Å². The van der Waals surface area contributed by atoms with Gasteiger partial charge >= 0.3 is 5.97 Å². The summed E-state index contributed by atoms with van der Waals surface area (Å²) in [4.78, 5) is 24.4. The third kappa shape index (κ3) is 2.60. The smallest absolute Gasteiger partial charge is 0.360 e. The fraction of sp³-hybridized carbons (Fsp3) is 0.200. The lowest BCUT2D eigenvalue weighted by molar-refractivity contribution is 0.0518. The van der Waals surface area contributed by atoms with Gasteiger partial charge < -0.3 is 13.6 Å². The van der Waals surface area contributed by atoms with Gasteiger partial charge in [0.1, 0.15) is 23.4 Å². The van der Waals surface area contributed by atoms with Gasteiger partial charge in [-0.2, -0.15) is 0 Å². The molecule has 0 spiro atoms. The van der Waals surface area contributed by atoms with Crippen LogP contribution in [0.4, 0.5) is 0 Å². The minimum Gasteiger partial charge on any atom is -0.461 e. The number of esters is 1. The van der Waals surface area contributed by atoms with Gasteiger partial charge in [-0.25, -0.2) is 19.7 Å². The number of aromatic nitrogens is 3. The average molecular weight is 299 g/mol. The summed E-state index contributed by atoms with van der Waals surface area (Å²) < 4.78 is 15.7. The molecule has 7 heteroatoms. The minimum atomic E-state index is -0.515. The number of pyridine rings is 1. The number of aryl methyl sites for hydroxylation is 1. The Morgan fingerprint density at radius 2 is 2.00 bits per heavy atom. The molecule has 0 unspecified atom stereocenters. The van der Waals surface area contributed by atoms with Crippen molar-refractivity contribution in [1.82, 2.24) is 15.0 Å². The summed E-state index contributed by atoms with van der Waals surface area (Å²) >= 11 is 0. The maximum Gasteiger partial charge on any atom is 0.360 e. The largest absolute Gasteiger partial charge is 0.461 e. The second kappa shape index (κ2) is 5.80. The fourth-order valence-corrected chi connectivity index (χ4v) is 1.92. The molecule has 0 fully saturated rings. The van der Waals surface area contributed by atoms with Gasteiger partial charge in [0.2, 0.25) is 11.8 Å². The van der Waals surface area contributed by atoms with Crippen molar-refractivity contribution in [3.8, 4) is 23.2 Å². The van der Waals surface area contributed by atoms with Crippen molar-refractivity contribution in [1.29, 1.82) is 0 Å². The Morgan fingerprint density at radius 3 is 2.68 bits per heavy atom. The predicted octanol–water partition coefficient (Wildman–Crippen LogP) is 2.88. The van der Waals surface area contributed by atoms with Gasteiger partial charge in [-0.05, 0) is 26.0 Å². The van der Waals surface area contributed by atoms with Gasteiger partial charge in [0.25, 0.3) is 0 Å². The van der Waals surface area contributed by atoms with Crippen LogP contribution >= 0.6 is 0 Å². The van der Waals surface area contributed by atoms with Gasteiger partial charge in [-0.3, -0.25) is 0 Å². The van der Waals surface area contributed by atoms with Gasteiger partial charge in [0.05, 0.1) is 12.8 Å². The topological polar surface area (TPSA) is 91.2 Å². The molecule has 0 aliphatic carbocycles. The van der Waals surface area contributed by atoms with Gasteiger partial charge in [0.15, 0.2) is 5.69 Å². The third-order valence-electron chi connectivity index (χ3n) is 2.89. The second-order valence-corrected chi connectivity index (χ2v) is 4.39. The molecular weight excluding hydrogens is 286 g/mol. The van der Waals surface area contributed by atoms with E-state index >= 15 is 0 Å². The Hall–Kier alpha value is -2.96. The number of hydrogen-bond acceptors (Lipinski definition) is 7. The Morgan fingerprint density at radius 1 is 1.23 bits per heavy atom. The first-order valence-corrected chi connectivity index (χ1v) is 6.71. The number of carbonyl (C=O) groups is 1. The number of nitrogens with zero attached hydrogens (tertiary/aromatic N) is 3. The summed E-state index contributed by atoms with van der Waals surface area (Å²) in [5.74, 6) is 0.514. The average Bonchev–Trinajstić information content (AvgIpc) is 3.17. The molecule has 0 aliphatic heterocycles. The molecule has 7 nitrogen and oxygen atoms in total. The number of rotatable bonds is 4. The van der Waals surface area contributed by atoms with Crippen molar-refractivity contribution in [2.24, 2.45) is 0 Å². The van der Waals surface area contributed by atoms with Crippen LogP contribution in [-0.2, 0) is 4.74 Å². The summed E-state index contributed by atoms with van der Waals surface area (Å²) in [5.41, 5.74) is 1.19. The molecule has 0 saturated heterocycles. The molecule has 3 heterocycles. The number of carbonyl (C=O) groups excluding carboxylic acids is 1. The van der Waals surface area contributed by atoms with E-state index in [0.717, 1.165) is 0 Å². The van der Waals surface area contributed by atoms with E-state index in [-0.39, 0.29) is 18.2 Å². The number of hydrogen-bond donors (Lipinski definition) is 0. The van der Waals surface area contributed by atoms with E-state index in [0.29, 0.717) is 23.0 Å². The molecular formula is C15H13N3O4. The molecule has 0 atom stereocenters. The molecule has 0 saturated carbocycles. The first-order chi connectivity index (χ1) is 10.7. The normalized spacial score (nSPS) is 10.6. The number of oxazole rings is 2. The van der Waals surface area contributed by atoms with Crippen molar-refractivity contribution in [3.05, 3.63) is 42.1 Å². The van der Waals surface area contributed by atoms with Crippen LogP contribution in [0.15, 0.2) is 39.5 Å². The van der Waals surface area contributed by atoms with E-state index < -0.39 is 5.97 Å². The molecule has 0 N–H and O–H groups in total. The summed E-state index contributed by atoms with van der Waals surface area (Å²) in [6, 6.07) is 5.27. The van der Waals surface area contributed by atoms with E-state index in [9.17, 15) is 4.79 Å². The molecule has 0 aliphatic rings. The van der Waals surface area contributed by atoms with E-state index in [1.807, 2.05) is 0 Å². The lowest BCUT2D eigenvalue weighted by atomic mass is 10.3. The standard InChI is InChI=1S/C15H13N3O4/c1-3-20-15(19)12-9(2)22-14(18-12)11-6-4-5-10(17-11)13-16-7-8-21-13/h4-8H,3H2,1-2H3. The van der Waals surface area contributed by atoms with Crippen molar-refractivity contribution < 1.29 is 18.4 Å². The fourth-order valence-electron chi connectivity index (χ4n) is 1.92. The monoisotopic (exact) mass is 299 g/mol. The van der Waals surface area contributed by atoms with Crippen LogP contribution in [0, 0.1) is 6.92 Å². The highest BCUT2D eigenvalue weighted by Crippen LogP contribution is 2.23.